The summed E-state index contributed by atoms with van der Waals surface area (Å²) in [6, 6.07) is 6.23. The summed E-state index contributed by atoms with van der Waals surface area (Å²) in [4.78, 5) is 0. The second kappa shape index (κ2) is 5.23. The molecule has 0 saturated carbocycles. The molecule has 2 aromatic rings. The van der Waals surface area contributed by atoms with Crippen LogP contribution in [0.1, 0.15) is 11.3 Å². The van der Waals surface area contributed by atoms with Crippen LogP contribution in [-0.4, -0.2) is 9.78 Å². The average molecular weight is 359 g/mol. The topological polar surface area (TPSA) is 29.9 Å². The average Bonchev–Trinajstić information content (AvgIpc) is 2.59. The van der Waals surface area contributed by atoms with Gasteiger partial charge in [0.2, 0.25) is 0 Å². The van der Waals surface area contributed by atoms with E-state index in [0.717, 1.165) is 26.9 Å². The molecule has 0 amide bonds. The predicted molar refractivity (Wildman–Crippen MR) is 77.1 cm³/mol. The molecule has 2 rings (SSSR count). The Morgan fingerprint density at radius 1 is 1.29 bits per heavy atom. The van der Waals surface area contributed by atoms with Gasteiger partial charge in [-0.1, -0.05) is 6.07 Å². The summed E-state index contributed by atoms with van der Waals surface area (Å²) in [7, 11) is 1.92. The van der Waals surface area contributed by atoms with Gasteiger partial charge >= 0.3 is 0 Å². The SMILES string of the molecule is Cc1nn(C)cc1NCc1ccc(Br)c(Br)c1. The van der Waals surface area contributed by atoms with Gasteiger partial charge < -0.3 is 5.32 Å². The van der Waals surface area contributed by atoms with Gasteiger partial charge in [-0.15, -0.1) is 0 Å². The maximum atomic E-state index is 4.29. The van der Waals surface area contributed by atoms with Crippen molar-refractivity contribution in [1.29, 1.82) is 0 Å². The highest BCUT2D eigenvalue weighted by molar-refractivity contribution is 9.13. The first-order chi connectivity index (χ1) is 8.06. The molecule has 0 saturated heterocycles. The van der Waals surface area contributed by atoms with Crippen molar-refractivity contribution in [3.63, 3.8) is 0 Å². The van der Waals surface area contributed by atoms with Gasteiger partial charge in [-0.3, -0.25) is 4.68 Å². The zero-order valence-electron chi connectivity index (χ0n) is 9.67. The van der Waals surface area contributed by atoms with E-state index in [1.54, 1.807) is 0 Å². The zero-order valence-corrected chi connectivity index (χ0v) is 12.8. The molecule has 0 aliphatic rings. The summed E-state index contributed by atoms with van der Waals surface area (Å²) in [5, 5.41) is 7.67. The van der Waals surface area contributed by atoms with Crippen molar-refractivity contribution in [3.8, 4) is 0 Å². The Balaban J connectivity index is 2.07. The number of rotatable bonds is 3. The minimum atomic E-state index is 0.790. The van der Waals surface area contributed by atoms with Crippen molar-refractivity contribution >= 4 is 37.5 Å². The highest BCUT2D eigenvalue weighted by Crippen LogP contribution is 2.24. The number of aryl methyl sites for hydroxylation is 2. The first kappa shape index (κ1) is 12.6. The maximum absolute atomic E-state index is 4.29. The molecule has 0 aliphatic heterocycles. The molecule has 0 unspecified atom stereocenters. The second-order valence-electron chi connectivity index (χ2n) is 3.90. The van der Waals surface area contributed by atoms with Gasteiger partial charge in [0.15, 0.2) is 0 Å². The van der Waals surface area contributed by atoms with Gasteiger partial charge in [-0.05, 0) is 56.5 Å². The lowest BCUT2D eigenvalue weighted by Gasteiger charge is -2.06. The van der Waals surface area contributed by atoms with Crippen molar-refractivity contribution in [2.75, 3.05) is 5.32 Å². The third-order valence-corrected chi connectivity index (χ3v) is 4.36. The fourth-order valence-electron chi connectivity index (χ4n) is 1.62. The van der Waals surface area contributed by atoms with E-state index in [1.807, 2.05) is 30.9 Å². The number of benzene rings is 1. The second-order valence-corrected chi connectivity index (χ2v) is 5.61. The van der Waals surface area contributed by atoms with Crippen LogP contribution in [0.25, 0.3) is 0 Å². The molecular weight excluding hydrogens is 346 g/mol. The van der Waals surface area contributed by atoms with Crippen molar-refractivity contribution in [2.45, 2.75) is 13.5 Å². The largest absolute Gasteiger partial charge is 0.378 e. The summed E-state index contributed by atoms with van der Waals surface area (Å²) in [5.74, 6) is 0. The van der Waals surface area contributed by atoms with E-state index in [4.69, 9.17) is 0 Å². The summed E-state index contributed by atoms with van der Waals surface area (Å²) in [6.45, 7) is 2.79. The van der Waals surface area contributed by atoms with Crippen LogP contribution in [0.4, 0.5) is 5.69 Å². The molecule has 1 aromatic carbocycles. The first-order valence-electron chi connectivity index (χ1n) is 5.24. The summed E-state index contributed by atoms with van der Waals surface area (Å²) in [5.41, 5.74) is 3.32. The Hall–Kier alpha value is -0.810. The number of hydrogen-bond acceptors (Lipinski definition) is 2. The van der Waals surface area contributed by atoms with Gasteiger partial charge in [0.05, 0.1) is 11.4 Å². The van der Waals surface area contributed by atoms with E-state index in [2.05, 4.69) is 54.4 Å². The van der Waals surface area contributed by atoms with Crippen LogP contribution in [0.2, 0.25) is 0 Å². The van der Waals surface area contributed by atoms with Crippen LogP contribution in [0, 0.1) is 6.92 Å². The summed E-state index contributed by atoms with van der Waals surface area (Å²) in [6.07, 6.45) is 1.99. The Morgan fingerprint density at radius 2 is 2.06 bits per heavy atom. The van der Waals surface area contributed by atoms with Crippen LogP contribution in [0.3, 0.4) is 0 Å². The highest BCUT2D eigenvalue weighted by atomic mass is 79.9. The smallest absolute Gasteiger partial charge is 0.0825 e. The van der Waals surface area contributed by atoms with Gasteiger partial charge in [-0.25, -0.2) is 0 Å². The summed E-state index contributed by atoms with van der Waals surface area (Å²) >= 11 is 6.96. The molecule has 0 bridgehead atoms. The molecule has 1 heterocycles. The number of halogens is 2. The van der Waals surface area contributed by atoms with E-state index in [9.17, 15) is 0 Å². The Bertz CT molecular complexity index is 535. The van der Waals surface area contributed by atoms with Gasteiger partial charge in [-0.2, -0.15) is 5.10 Å². The molecule has 0 aliphatic carbocycles. The molecule has 0 spiro atoms. The normalized spacial score (nSPS) is 10.6. The van der Waals surface area contributed by atoms with E-state index < -0.39 is 0 Å². The Kier molecular flexibility index (Phi) is 3.89. The molecule has 17 heavy (non-hydrogen) atoms. The van der Waals surface area contributed by atoms with Gasteiger partial charge in [0, 0.05) is 28.7 Å². The minimum absolute atomic E-state index is 0.790. The minimum Gasteiger partial charge on any atom is -0.378 e. The molecule has 0 atom stereocenters. The lowest BCUT2D eigenvalue weighted by molar-refractivity contribution is 0.756. The van der Waals surface area contributed by atoms with E-state index in [0.29, 0.717) is 0 Å². The predicted octanol–water partition coefficient (Wildman–Crippen LogP) is 3.87. The maximum Gasteiger partial charge on any atom is 0.0825 e. The molecule has 5 heteroatoms. The van der Waals surface area contributed by atoms with Crippen molar-refractivity contribution in [2.24, 2.45) is 7.05 Å². The van der Waals surface area contributed by atoms with Crippen LogP contribution in [0.5, 0.6) is 0 Å². The van der Waals surface area contributed by atoms with Crippen LogP contribution < -0.4 is 5.32 Å². The number of hydrogen-bond donors (Lipinski definition) is 1. The molecule has 1 aromatic heterocycles. The van der Waals surface area contributed by atoms with Gasteiger partial charge in [0.25, 0.3) is 0 Å². The Morgan fingerprint density at radius 3 is 2.65 bits per heavy atom. The van der Waals surface area contributed by atoms with Crippen molar-refractivity contribution in [3.05, 3.63) is 44.6 Å². The molecule has 90 valence electrons. The van der Waals surface area contributed by atoms with Gasteiger partial charge in [0.1, 0.15) is 0 Å². The summed E-state index contributed by atoms with van der Waals surface area (Å²) < 4.78 is 3.95. The number of nitrogens with one attached hydrogen (secondary N) is 1. The zero-order chi connectivity index (χ0) is 12.4. The highest BCUT2D eigenvalue weighted by Gasteiger charge is 2.03. The molecule has 3 nitrogen and oxygen atoms in total. The third-order valence-electron chi connectivity index (χ3n) is 2.48. The first-order valence-corrected chi connectivity index (χ1v) is 6.83. The quantitative estimate of drug-likeness (QED) is 0.902. The standard InChI is InChI=1S/C12H13Br2N3/c1-8-12(7-17(2)16-8)15-6-9-3-4-10(13)11(14)5-9/h3-5,7,15H,6H2,1-2H3. The molecule has 0 radical (unpaired) electrons. The van der Waals surface area contributed by atoms with Crippen molar-refractivity contribution < 1.29 is 0 Å². The fraction of sp³-hybridized carbons (Fsp3) is 0.250. The molecule has 1 N–H and O–H groups in total. The van der Waals surface area contributed by atoms with E-state index in [1.165, 1.54) is 5.56 Å². The lowest BCUT2D eigenvalue weighted by atomic mass is 10.2. The molecular formula is C12H13Br2N3. The Labute approximate surface area is 117 Å². The van der Waals surface area contributed by atoms with Crippen LogP contribution in [-0.2, 0) is 13.6 Å². The number of nitrogens with zero attached hydrogens (tertiary/aromatic N) is 2. The third kappa shape index (κ3) is 3.10. The molecule has 0 fully saturated rings. The monoisotopic (exact) mass is 357 g/mol. The van der Waals surface area contributed by atoms with Crippen LogP contribution in [0.15, 0.2) is 33.3 Å². The lowest BCUT2D eigenvalue weighted by Crippen LogP contribution is -1.99. The fourth-order valence-corrected chi connectivity index (χ4v) is 2.29. The van der Waals surface area contributed by atoms with Crippen molar-refractivity contribution in [1.82, 2.24) is 9.78 Å². The van der Waals surface area contributed by atoms with E-state index in [-0.39, 0.29) is 0 Å². The van der Waals surface area contributed by atoms with Crippen LogP contribution >= 0.6 is 31.9 Å². The van der Waals surface area contributed by atoms with E-state index >= 15 is 0 Å². The number of aromatic nitrogens is 2. The number of anilines is 1.